The van der Waals surface area contributed by atoms with Crippen LogP contribution in [0.1, 0.15) is 94.9 Å². The van der Waals surface area contributed by atoms with Gasteiger partial charge in [-0.1, -0.05) is 58.9 Å². The number of nitrogens with one attached hydrogen (secondary N) is 2. The van der Waals surface area contributed by atoms with Crippen LogP contribution in [0.25, 0.3) is 22.3 Å². The van der Waals surface area contributed by atoms with Crippen molar-refractivity contribution >= 4 is 40.5 Å². The van der Waals surface area contributed by atoms with Crippen molar-refractivity contribution in [2.75, 3.05) is 28.7 Å². The van der Waals surface area contributed by atoms with Crippen LogP contribution < -0.4 is 22.1 Å². The topological polar surface area (TPSA) is 137 Å². The maximum Gasteiger partial charge on any atom is 0.305 e. The third kappa shape index (κ3) is 8.42. The minimum atomic E-state index is -0.255. The summed E-state index contributed by atoms with van der Waals surface area (Å²) in [6, 6.07) is 23.9. The fourth-order valence-electron chi connectivity index (χ4n) is 6.13. The minimum Gasteiger partial charge on any atom is -0.465 e. The van der Waals surface area contributed by atoms with Gasteiger partial charge in [0, 0.05) is 47.9 Å². The highest BCUT2D eigenvalue weighted by molar-refractivity contribution is 5.94. The maximum atomic E-state index is 12.0. The number of rotatable bonds is 9. The van der Waals surface area contributed by atoms with E-state index in [-0.39, 0.29) is 30.3 Å². The molecule has 8 nitrogen and oxygen atoms in total. The number of carbonyl (C=O) groups excluding carboxylic acids is 3. The molecule has 8 heteroatoms. The molecule has 252 valence electrons. The molecule has 0 fully saturated rings. The molecule has 0 aromatic heterocycles. The van der Waals surface area contributed by atoms with Crippen molar-refractivity contribution in [3.63, 3.8) is 0 Å². The van der Waals surface area contributed by atoms with Crippen molar-refractivity contribution in [2.45, 2.75) is 79.1 Å². The predicted molar refractivity (Wildman–Crippen MR) is 197 cm³/mol. The summed E-state index contributed by atoms with van der Waals surface area (Å²) in [6.07, 6.45) is 3.76. The monoisotopic (exact) mass is 648 g/mol. The standard InChI is InChI=1S/C25H30N2O4.C13H12N2.C2H6/c1-4-7-23(28)26-16-9-11-18-19-12-10-17(27-24(29)8-5-2)14-21(19)22(20(18)13-16)15-31-25(30)6-3;14-10-1-3-12-8(6-10)5-9-7-11(15)2-4-13(9)12;1-2/h9-14,22H,4-8,15H2,1-3H3,(H,26,28)(H,27,29);1-4,6-7H,5,14-15H2;1-2H3. The lowest BCUT2D eigenvalue weighted by atomic mass is 9.97. The molecule has 0 saturated heterocycles. The molecule has 0 spiro atoms. The number of carbonyl (C=O) groups is 3. The molecule has 0 heterocycles. The first-order valence-corrected chi connectivity index (χ1v) is 17.0. The fraction of sp³-hybridized carbons (Fsp3) is 0.325. The van der Waals surface area contributed by atoms with E-state index in [4.69, 9.17) is 16.2 Å². The molecule has 48 heavy (non-hydrogen) atoms. The van der Waals surface area contributed by atoms with Gasteiger partial charge in [-0.3, -0.25) is 14.4 Å². The lowest BCUT2D eigenvalue weighted by Crippen LogP contribution is -2.14. The number of nitrogens with two attached hydrogens (primary N) is 2. The molecule has 0 bridgehead atoms. The van der Waals surface area contributed by atoms with Crippen LogP contribution in [0.4, 0.5) is 22.7 Å². The van der Waals surface area contributed by atoms with Crippen LogP contribution >= 0.6 is 0 Å². The van der Waals surface area contributed by atoms with E-state index in [2.05, 4.69) is 22.8 Å². The Morgan fingerprint density at radius 3 is 1.52 bits per heavy atom. The quantitative estimate of drug-likeness (QED) is 0.0932. The highest BCUT2D eigenvalue weighted by atomic mass is 16.5. The van der Waals surface area contributed by atoms with Crippen molar-refractivity contribution in [2.24, 2.45) is 0 Å². The van der Waals surface area contributed by atoms with Gasteiger partial charge in [-0.2, -0.15) is 0 Å². The molecule has 0 aliphatic heterocycles. The van der Waals surface area contributed by atoms with Crippen molar-refractivity contribution < 1.29 is 19.1 Å². The maximum absolute atomic E-state index is 12.0. The first kappa shape index (κ1) is 35.7. The molecule has 2 amide bonds. The zero-order chi connectivity index (χ0) is 34.8. The smallest absolute Gasteiger partial charge is 0.305 e. The predicted octanol–water partition coefficient (Wildman–Crippen LogP) is 8.68. The summed E-state index contributed by atoms with van der Waals surface area (Å²) in [5, 5.41) is 5.89. The molecule has 4 aromatic carbocycles. The first-order valence-electron chi connectivity index (χ1n) is 17.0. The number of benzene rings is 4. The Morgan fingerprint density at radius 2 is 1.10 bits per heavy atom. The second-order valence-corrected chi connectivity index (χ2v) is 11.8. The Balaban J connectivity index is 0.000000253. The lowest BCUT2D eigenvalue weighted by molar-refractivity contribution is -0.143. The summed E-state index contributed by atoms with van der Waals surface area (Å²) in [7, 11) is 0. The van der Waals surface area contributed by atoms with Gasteiger partial charge >= 0.3 is 5.97 Å². The lowest BCUT2D eigenvalue weighted by Gasteiger charge is -2.16. The van der Waals surface area contributed by atoms with Crippen LogP contribution in [-0.4, -0.2) is 24.4 Å². The van der Waals surface area contributed by atoms with Crippen LogP contribution in [-0.2, 0) is 25.5 Å². The average molecular weight is 649 g/mol. The van der Waals surface area contributed by atoms with Crippen molar-refractivity contribution in [3.8, 4) is 22.3 Å². The Labute approximate surface area is 284 Å². The Kier molecular flexibility index (Phi) is 12.4. The zero-order valence-corrected chi connectivity index (χ0v) is 28.7. The highest BCUT2D eigenvalue weighted by Crippen LogP contribution is 2.47. The van der Waals surface area contributed by atoms with E-state index in [1.165, 1.54) is 22.3 Å². The Hall–Kier alpha value is -5.11. The number of esters is 1. The van der Waals surface area contributed by atoms with Gasteiger partial charge in [-0.25, -0.2) is 0 Å². The van der Waals surface area contributed by atoms with Crippen molar-refractivity contribution in [3.05, 3.63) is 95.1 Å². The number of hydrogen-bond donors (Lipinski definition) is 4. The summed E-state index contributed by atoms with van der Waals surface area (Å²) < 4.78 is 5.49. The molecule has 6 N–H and O–H groups in total. The third-order valence-electron chi connectivity index (χ3n) is 8.30. The second kappa shape index (κ2) is 16.6. The molecule has 0 atom stereocenters. The van der Waals surface area contributed by atoms with E-state index in [0.717, 1.165) is 64.3 Å². The third-order valence-corrected chi connectivity index (χ3v) is 8.30. The number of ether oxygens (including phenoxy) is 1. The Bertz CT molecular complexity index is 1660. The number of nitrogen functional groups attached to an aromatic ring is 2. The van der Waals surface area contributed by atoms with Crippen LogP contribution in [0.3, 0.4) is 0 Å². The molecule has 2 aliphatic rings. The SMILES string of the molecule is CC.CCCC(=O)Nc1ccc2c(c1)C(COC(=O)CC)c1cc(NC(=O)CCC)ccc1-2.Nc1ccc2c(c1)Cc1cc(N)ccc1-2. The normalized spacial score (nSPS) is 11.8. The number of amides is 2. The largest absolute Gasteiger partial charge is 0.465 e. The molecule has 0 unspecified atom stereocenters. The zero-order valence-electron chi connectivity index (χ0n) is 28.7. The minimum absolute atomic E-state index is 0.0205. The molecule has 0 saturated carbocycles. The van der Waals surface area contributed by atoms with E-state index in [0.29, 0.717) is 19.3 Å². The van der Waals surface area contributed by atoms with Crippen LogP contribution in [0.5, 0.6) is 0 Å². The summed E-state index contributed by atoms with van der Waals surface area (Å²) in [6.45, 7) is 9.91. The van der Waals surface area contributed by atoms with Gasteiger partial charge in [0.15, 0.2) is 0 Å². The number of fused-ring (bicyclic) bond motifs is 6. The van der Waals surface area contributed by atoms with Crippen LogP contribution in [0.2, 0.25) is 0 Å². The van der Waals surface area contributed by atoms with Gasteiger partial charge in [0.25, 0.3) is 0 Å². The van der Waals surface area contributed by atoms with Crippen LogP contribution in [0.15, 0.2) is 72.8 Å². The molecule has 6 rings (SSSR count). The summed E-state index contributed by atoms with van der Waals surface area (Å²) >= 11 is 0. The molecule has 4 aromatic rings. The second-order valence-electron chi connectivity index (χ2n) is 11.8. The van der Waals surface area contributed by atoms with Crippen LogP contribution in [0, 0.1) is 0 Å². The van der Waals surface area contributed by atoms with Gasteiger partial charge in [-0.15, -0.1) is 0 Å². The van der Waals surface area contributed by atoms with Crippen molar-refractivity contribution in [1.82, 2.24) is 0 Å². The average Bonchev–Trinajstić information content (AvgIpc) is 3.58. The van der Waals surface area contributed by atoms with Gasteiger partial charge in [0.1, 0.15) is 6.61 Å². The molecular formula is C40H48N4O4. The highest BCUT2D eigenvalue weighted by Gasteiger charge is 2.30. The number of hydrogen-bond acceptors (Lipinski definition) is 6. The van der Waals surface area contributed by atoms with E-state index in [9.17, 15) is 14.4 Å². The van der Waals surface area contributed by atoms with Gasteiger partial charge in [-0.05, 0) is 112 Å². The summed E-state index contributed by atoms with van der Waals surface area (Å²) in [5.41, 5.74) is 23.9. The van der Waals surface area contributed by atoms with Crippen molar-refractivity contribution in [1.29, 1.82) is 0 Å². The van der Waals surface area contributed by atoms with E-state index >= 15 is 0 Å². The summed E-state index contributed by atoms with van der Waals surface area (Å²) in [4.78, 5) is 35.9. The van der Waals surface area contributed by atoms with E-state index in [1.807, 2.05) is 88.4 Å². The Morgan fingerprint density at radius 1 is 0.667 bits per heavy atom. The molecule has 2 aliphatic carbocycles. The van der Waals surface area contributed by atoms with Gasteiger partial charge in [0.2, 0.25) is 11.8 Å². The number of anilines is 4. The van der Waals surface area contributed by atoms with Gasteiger partial charge in [0.05, 0.1) is 0 Å². The van der Waals surface area contributed by atoms with E-state index in [1.54, 1.807) is 6.92 Å². The summed E-state index contributed by atoms with van der Waals surface area (Å²) in [5.74, 6) is -0.456. The van der Waals surface area contributed by atoms with E-state index < -0.39 is 0 Å². The molecule has 0 radical (unpaired) electrons. The fourth-order valence-corrected chi connectivity index (χ4v) is 6.13. The first-order chi connectivity index (χ1) is 23.2. The van der Waals surface area contributed by atoms with Gasteiger partial charge < -0.3 is 26.8 Å². The molecular weight excluding hydrogens is 600 g/mol.